The molecule has 0 bridgehead atoms. The summed E-state index contributed by atoms with van der Waals surface area (Å²) in [6.45, 7) is 10.6. The summed E-state index contributed by atoms with van der Waals surface area (Å²) < 4.78 is 0. The van der Waals surface area contributed by atoms with Gasteiger partial charge in [-0.1, -0.05) is 40.5 Å². The molecule has 1 aliphatic carbocycles. The molecule has 1 saturated carbocycles. The summed E-state index contributed by atoms with van der Waals surface area (Å²) in [6, 6.07) is 0.809. The molecule has 0 spiro atoms. The molecule has 0 aromatic heterocycles. The highest BCUT2D eigenvalue weighted by Crippen LogP contribution is 2.31. The zero-order valence-corrected chi connectivity index (χ0v) is 13.3. The third kappa shape index (κ3) is 4.82. The first-order valence-electron chi connectivity index (χ1n) is 7.15. The van der Waals surface area contributed by atoms with E-state index in [-0.39, 0.29) is 0 Å². The molecule has 0 aliphatic heterocycles. The van der Waals surface area contributed by atoms with Crippen molar-refractivity contribution < 1.29 is 0 Å². The van der Waals surface area contributed by atoms with Crippen molar-refractivity contribution in [2.24, 2.45) is 17.3 Å². The van der Waals surface area contributed by atoms with Crippen molar-refractivity contribution in [1.29, 1.82) is 0 Å². The molecule has 0 saturated heterocycles. The van der Waals surface area contributed by atoms with E-state index in [0.29, 0.717) is 11.3 Å². The van der Waals surface area contributed by atoms with Gasteiger partial charge in [0.25, 0.3) is 0 Å². The first kappa shape index (κ1) is 15.4. The van der Waals surface area contributed by atoms with Gasteiger partial charge < -0.3 is 4.90 Å². The van der Waals surface area contributed by atoms with Crippen LogP contribution in [0.15, 0.2) is 0 Å². The van der Waals surface area contributed by atoms with Gasteiger partial charge in [0.2, 0.25) is 0 Å². The molecule has 0 aromatic rings. The molecule has 1 nitrogen and oxygen atoms in total. The third-order valence-corrected chi connectivity index (χ3v) is 4.93. The topological polar surface area (TPSA) is 3.24 Å². The molecule has 0 aromatic carbocycles. The van der Waals surface area contributed by atoms with Crippen LogP contribution in [0.5, 0.6) is 0 Å². The standard InChI is InChI=1S/C15H31NS/c1-12-7-6-8-14(9-12)16(5)10-13(11-17)15(2,3)4/h12-14,17H,6-11H2,1-5H3. The van der Waals surface area contributed by atoms with Crippen molar-refractivity contribution >= 4 is 12.6 Å². The Kier molecular flexibility index (Phi) is 5.85. The minimum atomic E-state index is 0.371. The van der Waals surface area contributed by atoms with Gasteiger partial charge in [0.1, 0.15) is 0 Å². The van der Waals surface area contributed by atoms with Crippen LogP contribution in [0.3, 0.4) is 0 Å². The number of nitrogens with zero attached hydrogens (tertiary/aromatic N) is 1. The van der Waals surface area contributed by atoms with Crippen LogP contribution < -0.4 is 0 Å². The number of rotatable bonds is 4. The lowest BCUT2D eigenvalue weighted by Crippen LogP contribution is -2.42. The zero-order chi connectivity index (χ0) is 13.1. The van der Waals surface area contributed by atoms with Crippen LogP contribution in [0.1, 0.15) is 53.4 Å². The summed E-state index contributed by atoms with van der Waals surface area (Å²) in [4.78, 5) is 2.60. The van der Waals surface area contributed by atoms with E-state index in [9.17, 15) is 0 Å². The average Bonchev–Trinajstić information content (AvgIpc) is 2.23. The molecule has 0 N–H and O–H groups in total. The molecular formula is C15H31NS. The van der Waals surface area contributed by atoms with Crippen molar-refractivity contribution in [3.63, 3.8) is 0 Å². The van der Waals surface area contributed by atoms with Crippen LogP contribution in [0, 0.1) is 17.3 Å². The van der Waals surface area contributed by atoms with Crippen molar-refractivity contribution in [2.75, 3.05) is 19.3 Å². The lowest BCUT2D eigenvalue weighted by Gasteiger charge is -2.39. The van der Waals surface area contributed by atoms with E-state index in [0.717, 1.165) is 17.7 Å². The second-order valence-corrected chi connectivity index (χ2v) is 7.48. The number of thiol groups is 1. The van der Waals surface area contributed by atoms with Gasteiger partial charge in [-0.3, -0.25) is 0 Å². The van der Waals surface area contributed by atoms with Crippen molar-refractivity contribution in [2.45, 2.75) is 59.4 Å². The predicted molar refractivity (Wildman–Crippen MR) is 80.8 cm³/mol. The van der Waals surface area contributed by atoms with Crippen LogP contribution >= 0.6 is 12.6 Å². The third-order valence-electron chi connectivity index (χ3n) is 4.49. The molecule has 1 fully saturated rings. The Morgan fingerprint density at radius 2 is 1.94 bits per heavy atom. The highest BCUT2D eigenvalue weighted by atomic mass is 32.1. The summed E-state index contributed by atoms with van der Waals surface area (Å²) in [5.74, 6) is 2.60. The highest BCUT2D eigenvalue weighted by Gasteiger charge is 2.28. The molecule has 3 unspecified atom stereocenters. The molecular weight excluding hydrogens is 226 g/mol. The van der Waals surface area contributed by atoms with Gasteiger partial charge in [-0.25, -0.2) is 0 Å². The summed E-state index contributed by atoms with van der Waals surface area (Å²) in [6.07, 6.45) is 5.63. The lowest BCUT2D eigenvalue weighted by molar-refractivity contribution is 0.115. The first-order chi connectivity index (χ1) is 7.84. The minimum absolute atomic E-state index is 0.371. The van der Waals surface area contributed by atoms with Crippen LogP contribution in [0.25, 0.3) is 0 Å². The van der Waals surface area contributed by atoms with Gasteiger partial charge in [-0.15, -0.1) is 0 Å². The SMILES string of the molecule is CC1CCCC(N(C)CC(CS)C(C)(C)C)C1. The van der Waals surface area contributed by atoms with Crippen molar-refractivity contribution in [3.8, 4) is 0 Å². The van der Waals surface area contributed by atoms with E-state index >= 15 is 0 Å². The maximum absolute atomic E-state index is 4.54. The fourth-order valence-electron chi connectivity index (χ4n) is 2.90. The van der Waals surface area contributed by atoms with E-state index in [1.807, 2.05) is 0 Å². The van der Waals surface area contributed by atoms with E-state index in [4.69, 9.17) is 0 Å². The van der Waals surface area contributed by atoms with Crippen LogP contribution in [-0.4, -0.2) is 30.3 Å². The molecule has 0 radical (unpaired) electrons. The molecule has 2 heteroatoms. The molecule has 0 heterocycles. The molecule has 3 atom stereocenters. The van der Waals surface area contributed by atoms with Gasteiger partial charge in [-0.2, -0.15) is 12.6 Å². The summed E-state index contributed by atoms with van der Waals surface area (Å²) in [7, 11) is 2.31. The average molecular weight is 257 g/mol. The number of hydrogen-bond donors (Lipinski definition) is 1. The monoisotopic (exact) mass is 257 g/mol. The van der Waals surface area contributed by atoms with Gasteiger partial charge >= 0.3 is 0 Å². The second kappa shape index (κ2) is 6.47. The van der Waals surface area contributed by atoms with Crippen molar-refractivity contribution in [1.82, 2.24) is 4.90 Å². The van der Waals surface area contributed by atoms with Crippen LogP contribution in [0.2, 0.25) is 0 Å². The van der Waals surface area contributed by atoms with Crippen molar-refractivity contribution in [3.05, 3.63) is 0 Å². The van der Waals surface area contributed by atoms with E-state index < -0.39 is 0 Å². The predicted octanol–water partition coefficient (Wildman–Crippen LogP) is 4.09. The van der Waals surface area contributed by atoms with Gasteiger partial charge in [0, 0.05) is 12.6 Å². The summed E-state index contributed by atoms with van der Waals surface area (Å²) in [5, 5.41) is 0. The Balaban J connectivity index is 2.49. The molecule has 0 amide bonds. The Morgan fingerprint density at radius 1 is 1.29 bits per heavy atom. The summed E-state index contributed by atoms with van der Waals surface area (Å²) in [5.41, 5.74) is 0.371. The Hall–Kier alpha value is 0.310. The van der Waals surface area contributed by atoms with Crippen LogP contribution in [-0.2, 0) is 0 Å². The molecule has 1 rings (SSSR count). The van der Waals surface area contributed by atoms with E-state index in [1.54, 1.807) is 0 Å². The Labute approximate surface area is 114 Å². The molecule has 102 valence electrons. The molecule has 1 aliphatic rings. The minimum Gasteiger partial charge on any atom is -0.303 e. The largest absolute Gasteiger partial charge is 0.303 e. The Bertz CT molecular complexity index is 221. The quantitative estimate of drug-likeness (QED) is 0.743. The van der Waals surface area contributed by atoms with Gasteiger partial charge in [0.05, 0.1) is 0 Å². The second-order valence-electron chi connectivity index (χ2n) is 7.11. The maximum atomic E-state index is 4.54. The first-order valence-corrected chi connectivity index (χ1v) is 7.79. The zero-order valence-electron chi connectivity index (χ0n) is 12.4. The normalized spacial score (nSPS) is 28.4. The Morgan fingerprint density at radius 3 is 2.41 bits per heavy atom. The highest BCUT2D eigenvalue weighted by molar-refractivity contribution is 7.80. The van der Waals surface area contributed by atoms with Gasteiger partial charge in [-0.05, 0) is 42.9 Å². The maximum Gasteiger partial charge on any atom is 0.00948 e. The molecule has 17 heavy (non-hydrogen) atoms. The van der Waals surface area contributed by atoms with E-state index in [1.165, 1.54) is 32.2 Å². The smallest absolute Gasteiger partial charge is 0.00948 e. The van der Waals surface area contributed by atoms with Gasteiger partial charge in [0.15, 0.2) is 0 Å². The summed E-state index contributed by atoms with van der Waals surface area (Å²) >= 11 is 4.54. The fourth-order valence-corrected chi connectivity index (χ4v) is 3.57. The van der Waals surface area contributed by atoms with E-state index in [2.05, 4.69) is 52.3 Å². The lowest BCUT2D eigenvalue weighted by atomic mass is 9.80. The number of hydrogen-bond acceptors (Lipinski definition) is 2. The fraction of sp³-hybridized carbons (Fsp3) is 1.00. The van der Waals surface area contributed by atoms with Crippen LogP contribution in [0.4, 0.5) is 0 Å².